The van der Waals surface area contributed by atoms with Crippen LogP contribution in [0, 0.1) is 13.3 Å². The van der Waals surface area contributed by atoms with Crippen LogP contribution in [0.1, 0.15) is 12.2 Å². The van der Waals surface area contributed by atoms with E-state index in [1.165, 1.54) is 0 Å². The largest absolute Gasteiger partial charge is 0.368 e. The van der Waals surface area contributed by atoms with Crippen molar-refractivity contribution in [2.75, 3.05) is 11.4 Å². The van der Waals surface area contributed by atoms with E-state index in [0.717, 1.165) is 34.2 Å². The second kappa shape index (κ2) is 4.66. The van der Waals surface area contributed by atoms with Crippen molar-refractivity contribution in [2.24, 2.45) is 5.73 Å². The van der Waals surface area contributed by atoms with Crippen LogP contribution in [-0.4, -0.2) is 38.4 Å². The van der Waals surface area contributed by atoms with Gasteiger partial charge < -0.3 is 15.6 Å². The third kappa shape index (κ3) is 1.82. The number of carbonyl (C=O) groups is 1. The number of nitrogens with zero attached hydrogens (tertiary/aromatic N) is 4. The van der Waals surface area contributed by atoms with Crippen LogP contribution in [0.2, 0.25) is 0 Å². The van der Waals surface area contributed by atoms with Gasteiger partial charge in [-0.25, -0.2) is 15.0 Å². The van der Waals surface area contributed by atoms with E-state index in [1.807, 2.05) is 30.5 Å². The first kappa shape index (κ1) is 13.0. The molecule has 1 amide bonds. The molecule has 1 atom stereocenters. The molecule has 22 heavy (non-hydrogen) atoms. The standard InChI is InChI=1S/C15H15N6O/c1-8-19-10-7-18-14-9(4-5-17-14)12(10)15(20-8)21-6-2-3-11(21)13(16)22/h3-5,7,11H,2,6H2,1H3,(H2,16,22)(H,17,18). The SMILES string of the molecule is Cc1nc(N2CC[CH]C2C(N)=O)c2c(cnc3[nH]ccc32)n1. The van der Waals surface area contributed by atoms with Gasteiger partial charge in [-0.3, -0.25) is 4.79 Å². The predicted octanol–water partition coefficient (Wildman–Crippen LogP) is 1.08. The highest BCUT2D eigenvalue weighted by Gasteiger charge is 2.32. The van der Waals surface area contributed by atoms with E-state index < -0.39 is 6.04 Å². The third-order valence-corrected chi connectivity index (χ3v) is 4.00. The monoisotopic (exact) mass is 295 g/mol. The molecule has 4 heterocycles. The Hall–Kier alpha value is -2.70. The van der Waals surface area contributed by atoms with Crippen molar-refractivity contribution in [2.45, 2.75) is 19.4 Å². The average molecular weight is 295 g/mol. The molecule has 0 spiro atoms. The molecule has 0 bridgehead atoms. The number of pyridine rings is 1. The normalized spacial score (nSPS) is 18.4. The summed E-state index contributed by atoms with van der Waals surface area (Å²) in [4.78, 5) is 30.2. The van der Waals surface area contributed by atoms with Crippen molar-refractivity contribution in [3.63, 3.8) is 0 Å². The summed E-state index contributed by atoms with van der Waals surface area (Å²) in [5, 5.41) is 1.85. The smallest absolute Gasteiger partial charge is 0.240 e. The van der Waals surface area contributed by atoms with Crippen LogP contribution in [0.3, 0.4) is 0 Å². The summed E-state index contributed by atoms with van der Waals surface area (Å²) >= 11 is 0. The number of hydrogen-bond donors (Lipinski definition) is 2. The van der Waals surface area contributed by atoms with Gasteiger partial charge in [0.1, 0.15) is 23.3 Å². The van der Waals surface area contributed by atoms with Crippen LogP contribution >= 0.6 is 0 Å². The third-order valence-electron chi connectivity index (χ3n) is 4.00. The molecule has 111 valence electrons. The minimum atomic E-state index is -0.431. The Kier molecular flexibility index (Phi) is 2.75. The average Bonchev–Trinajstić information content (AvgIpc) is 3.14. The summed E-state index contributed by atoms with van der Waals surface area (Å²) in [5.41, 5.74) is 7.07. The summed E-state index contributed by atoms with van der Waals surface area (Å²) in [6, 6.07) is 1.52. The van der Waals surface area contributed by atoms with Gasteiger partial charge in [-0.2, -0.15) is 0 Å². The summed E-state index contributed by atoms with van der Waals surface area (Å²) in [7, 11) is 0. The van der Waals surface area contributed by atoms with Crippen molar-refractivity contribution in [1.29, 1.82) is 0 Å². The van der Waals surface area contributed by atoms with Crippen LogP contribution in [0.25, 0.3) is 21.9 Å². The summed E-state index contributed by atoms with van der Waals surface area (Å²) < 4.78 is 0. The topological polar surface area (TPSA) is 101 Å². The van der Waals surface area contributed by atoms with Crippen molar-refractivity contribution < 1.29 is 4.79 Å². The van der Waals surface area contributed by atoms with Gasteiger partial charge in [-0.15, -0.1) is 0 Å². The first-order valence-electron chi connectivity index (χ1n) is 7.15. The van der Waals surface area contributed by atoms with Crippen molar-refractivity contribution in [3.8, 4) is 0 Å². The summed E-state index contributed by atoms with van der Waals surface area (Å²) in [6.07, 6.45) is 6.30. The van der Waals surface area contributed by atoms with E-state index >= 15 is 0 Å². The zero-order valence-corrected chi connectivity index (χ0v) is 12.1. The van der Waals surface area contributed by atoms with Gasteiger partial charge in [0.05, 0.1) is 17.1 Å². The molecule has 0 aliphatic carbocycles. The fourth-order valence-corrected chi connectivity index (χ4v) is 3.08. The van der Waals surface area contributed by atoms with E-state index in [1.54, 1.807) is 6.20 Å². The predicted molar refractivity (Wildman–Crippen MR) is 83.2 cm³/mol. The molecule has 1 fully saturated rings. The van der Waals surface area contributed by atoms with Crippen LogP contribution < -0.4 is 10.6 Å². The van der Waals surface area contributed by atoms with Crippen LogP contribution in [-0.2, 0) is 4.79 Å². The first-order chi connectivity index (χ1) is 10.6. The van der Waals surface area contributed by atoms with E-state index in [2.05, 4.69) is 19.9 Å². The lowest BCUT2D eigenvalue weighted by Crippen LogP contribution is -2.41. The molecule has 3 N–H and O–H groups in total. The Balaban J connectivity index is 2.03. The number of nitrogens with one attached hydrogen (secondary N) is 1. The number of carbonyl (C=O) groups excluding carboxylic acids is 1. The number of hydrogen-bond acceptors (Lipinski definition) is 5. The molecule has 1 aliphatic heterocycles. The van der Waals surface area contributed by atoms with Gasteiger partial charge >= 0.3 is 0 Å². The zero-order valence-electron chi connectivity index (χ0n) is 12.1. The highest BCUT2D eigenvalue weighted by molar-refractivity contribution is 6.09. The highest BCUT2D eigenvalue weighted by atomic mass is 16.1. The molecule has 3 aromatic rings. The number of anilines is 1. The molecular weight excluding hydrogens is 280 g/mol. The van der Waals surface area contributed by atoms with Gasteiger partial charge in [-0.05, 0) is 25.8 Å². The molecule has 1 aliphatic rings. The maximum Gasteiger partial charge on any atom is 0.240 e. The zero-order chi connectivity index (χ0) is 15.3. The number of nitrogens with two attached hydrogens (primary N) is 1. The Morgan fingerprint density at radius 3 is 3.14 bits per heavy atom. The maximum atomic E-state index is 11.7. The van der Waals surface area contributed by atoms with E-state index in [4.69, 9.17) is 5.73 Å². The second-order valence-electron chi connectivity index (χ2n) is 5.42. The van der Waals surface area contributed by atoms with E-state index in [9.17, 15) is 4.79 Å². The van der Waals surface area contributed by atoms with Crippen LogP contribution in [0.15, 0.2) is 18.5 Å². The minimum Gasteiger partial charge on any atom is -0.368 e. The van der Waals surface area contributed by atoms with Crippen LogP contribution in [0.5, 0.6) is 0 Å². The number of H-pyrrole nitrogens is 1. The molecular formula is C15H15N6O. The molecule has 3 aromatic heterocycles. The maximum absolute atomic E-state index is 11.7. The second-order valence-corrected chi connectivity index (χ2v) is 5.42. The molecule has 1 saturated heterocycles. The number of amides is 1. The number of aromatic amines is 1. The van der Waals surface area contributed by atoms with E-state index in [0.29, 0.717) is 12.4 Å². The first-order valence-corrected chi connectivity index (χ1v) is 7.15. The lowest BCUT2D eigenvalue weighted by Gasteiger charge is -2.24. The molecule has 0 saturated carbocycles. The number of aromatic nitrogens is 4. The van der Waals surface area contributed by atoms with Crippen molar-refractivity contribution in [3.05, 3.63) is 30.7 Å². The Bertz CT molecular complexity index is 886. The van der Waals surface area contributed by atoms with Crippen molar-refractivity contribution in [1.82, 2.24) is 19.9 Å². The lowest BCUT2D eigenvalue weighted by atomic mass is 10.1. The van der Waals surface area contributed by atoms with Gasteiger partial charge in [0.15, 0.2) is 0 Å². The number of fused-ring (bicyclic) bond motifs is 3. The van der Waals surface area contributed by atoms with E-state index in [-0.39, 0.29) is 5.91 Å². The quantitative estimate of drug-likeness (QED) is 0.737. The van der Waals surface area contributed by atoms with Gasteiger partial charge in [-0.1, -0.05) is 0 Å². The molecule has 7 nitrogen and oxygen atoms in total. The number of aryl methyl sites for hydroxylation is 1. The molecule has 4 rings (SSSR count). The Labute approximate surface area is 126 Å². The molecule has 7 heteroatoms. The Morgan fingerprint density at radius 2 is 2.32 bits per heavy atom. The fourth-order valence-electron chi connectivity index (χ4n) is 3.08. The number of primary amides is 1. The number of rotatable bonds is 2. The minimum absolute atomic E-state index is 0.360. The van der Waals surface area contributed by atoms with Crippen LogP contribution in [0.4, 0.5) is 5.82 Å². The Morgan fingerprint density at radius 1 is 1.45 bits per heavy atom. The lowest BCUT2D eigenvalue weighted by molar-refractivity contribution is -0.118. The summed E-state index contributed by atoms with van der Waals surface area (Å²) in [6.45, 7) is 2.55. The molecule has 1 radical (unpaired) electrons. The summed E-state index contributed by atoms with van der Waals surface area (Å²) in [5.74, 6) is 1.03. The van der Waals surface area contributed by atoms with Crippen molar-refractivity contribution >= 4 is 33.7 Å². The van der Waals surface area contributed by atoms with Gasteiger partial charge in [0, 0.05) is 18.1 Å². The highest BCUT2D eigenvalue weighted by Crippen LogP contribution is 2.33. The van der Waals surface area contributed by atoms with Gasteiger partial charge in [0.25, 0.3) is 0 Å². The van der Waals surface area contributed by atoms with Gasteiger partial charge in [0.2, 0.25) is 5.91 Å². The molecule has 1 unspecified atom stereocenters. The molecule has 0 aromatic carbocycles. The fraction of sp³-hybridized carbons (Fsp3) is 0.267.